The van der Waals surface area contributed by atoms with Gasteiger partial charge < -0.3 is 33.8 Å². The van der Waals surface area contributed by atoms with Crippen LogP contribution in [0.5, 0.6) is 0 Å². The standard InChI is InChI=1S/C77H150O17P2/c1-8-11-12-13-14-15-16-17-21-24-29-37-44-51-58-74(79)87-64-72(93-76(81)60-53-46-39-30-25-22-19-18-20-23-28-35-42-49-56-69(6)9-2)66-91-95(83,84)89-62-71(78)63-90-96(85,86)92-67-73(94-77(82)61-54-47-40-31-26-27-34-41-48-55-68(4)5)65-88-75(80)59-52-45-38-33-32-36-43-50-57-70(7)10-3/h68-73,78H,8-67H2,1-7H3,(H,83,84)(H,85,86)/t69?,70?,71-,72-,73-/m1/s1. The van der Waals surface area contributed by atoms with Gasteiger partial charge in [-0.15, -0.1) is 0 Å². The lowest BCUT2D eigenvalue weighted by Gasteiger charge is -2.21. The molecule has 0 aliphatic carbocycles. The van der Waals surface area contributed by atoms with Crippen LogP contribution in [0.2, 0.25) is 0 Å². The van der Waals surface area contributed by atoms with Gasteiger partial charge in [0.2, 0.25) is 0 Å². The van der Waals surface area contributed by atoms with Gasteiger partial charge in [0.25, 0.3) is 0 Å². The van der Waals surface area contributed by atoms with E-state index in [-0.39, 0.29) is 25.7 Å². The molecule has 0 bridgehead atoms. The third-order valence-electron chi connectivity index (χ3n) is 18.6. The maximum absolute atomic E-state index is 13.1. The molecular weight excluding hydrogens is 1260 g/mol. The van der Waals surface area contributed by atoms with Crippen LogP contribution in [0, 0.1) is 17.8 Å². The average Bonchev–Trinajstić information content (AvgIpc) is 1.26. The first-order valence-corrected chi connectivity index (χ1v) is 42.9. The van der Waals surface area contributed by atoms with E-state index < -0.39 is 97.5 Å². The SMILES string of the molecule is CCCCCCCCCCCCCCCCC(=O)OC[C@H](COP(=O)(O)OC[C@@H](O)COP(=O)(O)OC[C@@H](COC(=O)CCCCCCCCCCC(C)CC)OC(=O)CCCCCCCCCCCC(C)C)OC(=O)CCCCCCCCCCCCCCCCC(C)CC. The number of unbranched alkanes of at least 4 members (excludes halogenated alkanes) is 41. The predicted molar refractivity (Wildman–Crippen MR) is 391 cm³/mol. The number of hydrogen-bond donors (Lipinski definition) is 3. The summed E-state index contributed by atoms with van der Waals surface area (Å²) in [4.78, 5) is 72.9. The molecule has 0 rings (SSSR count). The van der Waals surface area contributed by atoms with Gasteiger partial charge in [-0.3, -0.25) is 37.3 Å². The Labute approximate surface area is 588 Å². The topological polar surface area (TPSA) is 237 Å². The minimum Gasteiger partial charge on any atom is -0.462 e. The Kier molecular flexibility index (Phi) is 66.2. The number of phosphoric ester groups is 2. The Morgan fingerprint density at radius 2 is 0.531 bits per heavy atom. The molecule has 570 valence electrons. The van der Waals surface area contributed by atoms with Crippen LogP contribution < -0.4 is 0 Å². The first-order valence-electron chi connectivity index (χ1n) is 39.9. The van der Waals surface area contributed by atoms with E-state index in [1.54, 1.807) is 0 Å². The average molecular weight is 1410 g/mol. The van der Waals surface area contributed by atoms with Crippen LogP contribution in [0.4, 0.5) is 0 Å². The molecule has 3 N–H and O–H groups in total. The molecular formula is C77H150O17P2. The number of aliphatic hydroxyl groups excluding tert-OH is 1. The van der Waals surface area contributed by atoms with Crippen molar-refractivity contribution in [3.8, 4) is 0 Å². The van der Waals surface area contributed by atoms with Crippen LogP contribution in [0.25, 0.3) is 0 Å². The van der Waals surface area contributed by atoms with Gasteiger partial charge in [-0.1, -0.05) is 344 Å². The largest absolute Gasteiger partial charge is 0.472 e. The number of aliphatic hydroxyl groups is 1. The zero-order valence-electron chi connectivity index (χ0n) is 62.8. The van der Waals surface area contributed by atoms with Gasteiger partial charge in [-0.25, -0.2) is 9.13 Å². The van der Waals surface area contributed by atoms with Crippen LogP contribution in [0.1, 0.15) is 395 Å². The number of ether oxygens (including phenoxy) is 4. The fraction of sp³-hybridized carbons (Fsp3) is 0.948. The summed E-state index contributed by atoms with van der Waals surface area (Å²) in [6, 6.07) is 0. The summed E-state index contributed by atoms with van der Waals surface area (Å²) in [6.45, 7) is 11.9. The molecule has 19 heteroatoms. The molecule has 0 aromatic carbocycles. The quantitative estimate of drug-likeness (QED) is 0.0222. The number of esters is 4. The predicted octanol–water partition coefficient (Wildman–Crippen LogP) is 22.6. The fourth-order valence-electron chi connectivity index (χ4n) is 11.7. The van der Waals surface area contributed by atoms with Crippen molar-refractivity contribution < 1.29 is 80.2 Å². The molecule has 96 heavy (non-hydrogen) atoms. The minimum atomic E-state index is -4.96. The normalized spacial score (nSPS) is 14.6. The van der Waals surface area contributed by atoms with Crippen molar-refractivity contribution in [1.29, 1.82) is 0 Å². The van der Waals surface area contributed by atoms with Gasteiger partial charge in [0, 0.05) is 25.7 Å². The van der Waals surface area contributed by atoms with Gasteiger partial charge >= 0.3 is 39.5 Å². The fourth-order valence-corrected chi connectivity index (χ4v) is 13.3. The second-order valence-corrected chi connectivity index (χ2v) is 31.6. The third kappa shape index (κ3) is 67.9. The van der Waals surface area contributed by atoms with Gasteiger partial charge in [-0.05, 0) is 43.4 Å². The summed E-state index contributed by atoms with van der Waals surface area (Å²) < 4.78 is 68.6. The Morgan fingerprint density at radius 3 is 0.792 bits per heavy atom. The highest BCUT2D eigenvalue weighted by Gasteiger charge is 2.30. The van der Waals surface area contributed by atoms with E-state index in [4.69, 9.17) is 37.0 Å². The summed E-state index contributed by atoms with van der Waals surface area (Å²) in [5, 5.41) is 10.6. The van der Waals surface area contributed by atoms with Crippen molar-refractivity contribution in [2.75, 3.05) is 39.6 Å². The molecule has 0 saturated heterocycles. The Bertz CT molecular complexity index is 1870. The molecule has 0 fully saturated rings. The van der Waals surface area contributed by atoms with E-state index in [0.29, 0.717) is 25.7 Å². The van der Waals surface area contributed by atoms with Crippen LogP contribution >= 0.6 is 15.6 Å². The van der Waals surface area contributed by atoms with E-state index in [2.05, 4.69) is 48.5 Å². The molecule has 0 aliphatic heterocycles. The van der Waals surface area contributed by atoms with Crippen LogP contribution in [-0.2, 0) is 65.4 Å². The first-order chi connectivity index (χ1) is 46.3. The first kappa shape index (κ1) is 94.1. The lowest BCUT2D eigenvalue weighted by molar-refractivity contribution is -0.161. The summed E-state index contributed by atoms with van der Waals surface area (Å²) in [5.74, 6) is 0.244. The molecule has 0 aromatic rings. The van der Waals surface area contributed by atoms with Crippen molar-refractivity contribution in [2.24, 2.45) is 17.8 Å². The maximum atomic E-state index is 13.1. The van der Waals surface area contributed by atoms with E-state index in [0.717, 1.165) is 108 Å². The second-order valence-electron chi connectivity index (χ2n) is 28.7. The molecule has 0 aliphatic rings. The maximum Gasteiger partial charge on any atom is 0.472 e. The Hall–Kier alpha value is -1.94. The van der Waals surface area contributed by atoms with Crippen molar-refractivity contribution in [2.45, 2.75) is 414 Å². The highest BCUT2D eigenvalue weighted by molar-refractivity contribution is 7.47. The molecule has 0 saturated carbocycles. The van der Waals surface area contributed by atoms with Crippen molar-refractivity contribution in [3.63, 3.8) is 0 Å². The van der Waals surface area contributed by atoms with Crippen molar-refractivity contribution >= 4 is 39.5 Å². The second kappa shape index (κ2) is 67.5. The zero-order chi connectivity index (χ0) is 70.9. The van der Waals surface area contributed by atoms with Crippen molar-refractivity contribution in [3.05, 3.63) is 0 Å². The molecule has 0 radical (unpaired) electrons. The van der Waals surface area contributed by atoms with Gasteiger partial charge in [0.05, 0.1) is 26.4 Å². The summed E-state index contributed by atoms with van der Waals surface area (Å²) in [7, 11) is -9.91. The number of rotatable bonds is 75. The van der Waals surface area contributed by atoms with Crippen LogP contribution in [0.3, 0.4) is 0 Å². The third-order valence-corrected chi connectivity index (χ3v) is 20.5. The Morgan fingerprint density at radius 1 is 0.302 bits per heavy atom. The molecule has 0 aromatic heterocycles. The molecule has 0 amide bonds. The zero-order valence-corrected chi connectivity index (χ0v) is 64.6. The summed E-state index contributed by atoms with van der Waals surface area (Å²) in [6.07, 6.45) is 53.9. The molecule has 4 unspecified atom stereocenters. The minimum absolute atomic E-state index is 0.105. The van der Waals surface area contributed by atoms with Gasteiger partial charge in [-0.2, -0.15) is 0 Å². The highest BCUT2D eigenvalue weighted by Crippen LogP contribution is 2.45. The van der Waals surface area contributed by atoms with Crippen LogP contribution in [0.15, 0.2) is 0 Å². The van der Waals surface area contributed by atoms with Gasteiger partial charge in [0.1, 0.15) is 19.3 Å². The number of phosphoric acid groups is 2. The summed E-state index contributed by atoms with van der Waals surface area (Å²) in [5.41, 5.74) is 0. The number of carbonyl (C=O) groups excluding carboxylic acids is 4. The van der Waals surface area contributed by atoms with E-state index >= 15 is 0 Å². The highest BCUT2D eigenvalue weighted by atomic mass is 31.2. The van der Waals surface area contributed by atoms with Crippen molar-refractivity contribution in [1.82, 2.24) is 0 Å². The lowest BCUT2D eigenvalue weighted by atomic mass is 9.99. The summed E-state index contributed by atoms with van der Waals surface area (Å²) >= 11 is 0. The number of carbonyl (C=O) groups is 4. The molecule has 7 atom stereocenters. The monoisotopic (exact) mass is 1410 g/mol. The molecule has 17 nitrogen and oxygen atoms in total. The van der Waals surface area contributed by atoms with E-state index in [9.17, 15) is 43.2 Å². The lowest BCUT2D eigenvalue weighted by Crippen LogP contribution is -2.30. The van der Waals surface area contributed by atoms with Crippen LogP contribution in [-0.4, -0.2) is 96.7 Å². The molecule has 0 spiro atoms. The molecule has 0 heterocycles. The number of hydrogen-bond acceptors (Lipinski definition) is 15. The smallest absolute Gasteiger partial charge is 0.462 e. The van der Waals surface area contributed by atoms with E-state index in [1.165, 1.54) is 205 Å². The Balaban J connectivity index is 5.26. The van der Waals surface area contributed by atoms with E-state index in [1.807, 2.05) is 0 Å². The van der Waals surface area contributed by atoms with Gasteiger partial charge in [0.15, 0.2) is 12.2 Å².